The Balaban J connectivity index is 3.19. The van der Waals surface area contributed by atoms with Gasteiger partial charge in [0.05, 0.1) is 0 Å². The molecule has 0 aliphatic carbocycles. The summed E-state index contributed by atoms with van der Waals surface area (Å²) in [6, 6.07) is 2.83. The number of nitrogens with two attached hydrogens (primary N) is 1. The third-order valence-corrected chi connectivity index (χ3v) is 3.81. The van der Waals surface area contributed by atoms with E-state index in [0.29, 0.717) is 10.0 Å². The van der Waals surface area contributed by atoms with E-state index in [1.165, 1.54) is 26.4 Å². The maximum atomic E-state index is 12.5. The average Bonchev–Trinajstić information content (AvgIpc) is 2.27. The van der Waals surface area contributed by atoms with Crippen LogP contribution in [0.4, 0.5) is 8.78 Å². The zero-order valence-corrected chi connectivity index (χ0v) is 12.1. The first-order chi connectivity index (χ1) is 8.76. The number of halogens is 2. The van der Waals surface area contributed by atoms with E-state index in [4.69, 9.17) is 15.2 Å². The third kappa shape index (κ3) is 4.93. The molecular formula is C11H15F2NO4Se. The van der Waals surface area contributed by atoms with E-state index in [2.05, 4.69) is 0 Å². The van der Waals surface area contributed by atoms with Gasteiger partial charge in [0.2, 0.25) is 0 Å². The molecule has 0 atom stereocenters. The van der Waals surface area contributed by atoms with Crippen molar-refractivity contribution in [3.8, 4) is 11.5 Å². The van der Waals surface area contributed by atoms with Crippen molar-refractivity contribution in [2.45, 2.75) is 17.7 Å². The Kier molecular flexibility index (Phi) is 5.51. The van der Waals surface area contributed by atoms with Gasteiger partial charge in [-0.3, -0.25) is 0 Å². The molecule has 0 aliphatic rings. The second-order valence-corrected chi connectivity index (χ2v) is 5.91. The molecule has 0 saturated heterocycles. The standard InChI is InChI=1S/C11H15F2NO4Se/c1-17-7-4-9(19-10(12)13)8(18-2)3-6(7)5-11(14,15)16/h3-4,10,15-16H,5,14H2,1-2H3. The van der Waals surface area contributed by atoms with Gasteiger partial charge in [0, 0.05) is 0 Å². The molecule has 4 N–H and O–H groups in total. The van der Waals surface area contributed by atoms with Crippen LogP contribution in [0.15, 0.2) is 12.1 Å². The van der Waals surface area contributed by atoms with Crippen LogP contribution in [0.5, 0.6) is 11.5 Å². The minimum absolute atomic E-state index is 0.250. The first-order valence-electron chi connectivity index (χ1n) is 5.20. The van der Waals surface area contributed by atoms with Crippen molar-refractivity contribution in [1.29, 1.82) is 0 Å². The van der Waals surface area contributed by atoms with Gasteiger partial charge in [-0.1, -0.05) is 0 Å². The van der Waals surface area contributed by atoms with Gasteiger partial charge in [-0.15, -0.1) is 0 Å². The molecule has 8 heteroatoms. The summed E-state index contributed by atoms with van der Waals surface area (Å²) in [5, 5.41) is 15.9. The Morgan fingerprint density at radius 1 is 1.26 bits per heavy atom. The maximum absolute atomic E-state index is 12.5. The van der Waals surface area contributed by atoms with Crippen LogP contribution in [0.1, 0.15) is 5.56 Å². The number of alkyl halides is 2. The van der Waals surface area contributed by atoms with Crippen molar-refractivity contribution in [2.24, 2.45) is 5.73 Å². The molecule has 5 nitrogen and oxygen atoms in total. The van der Waals surface area contributed by atoms with E-state index in [1.54, 1.807) is 0 Å². The van der Waals surface area contributed by atoms with Gasteiger partial charge in [-0.05, 0) is 0 Å². The van der Waals surface area contributed by atoms with Gasteiger partial charge >= 0.3 is 115 Å². The Labute approximate surface area is 115 Å². The Bertz CT molecular complexity index is 437. The van der Waals surface area contributed by atoms with Crippen LogP contribution in [0.3, 0.4) is 0 Å². The molecule has 0 unspecified atom stereocenters. The van der Waals surface area contributed by atoms with Crippen molar-refractivity contribution in [2.75, 3.05) is 14.2 Å². The van der Waals surface area contributed by atoms with Crippen LogP contribution in [0.2, 0.25) is 0 Å². The number of methoxy groups -OCH3 is 2. The fraction of sp³-hybridized carbons (Fsp3) is 0.455. The summed E-state index contributed by atoms with van der Waals surface area (Å²) in [5.74, 6) is -1.90. The van der Waals surface area contributed by atoms with Gasteiger partial charge < -0.3 is 0 Å². The minimum atomic E-state index is -2.46. The number of ether oxygens (including phenoxy) is 2. The predicted octanol–water partition coefficient (Wildman–Crippen LogP) is -0.604. The summed E-state index contributed by atoms with van der Waals surface area (Å²) in [6.45, 7) is 0. The summed E-state index contributed by atoms with van der Waals surface area (Å²) in [5.41, 5.74) is 5.46. The molecule has 0 radical (unpaired) electrons. The number of hydrogen-bond donors (Lipinski definition) is 3. The van der Waals surface area contributed by atoms with Crippen molar-refractivity contribution in [3.05, 3.63) is 17.7 Å². The zero-order valence-electron chi connectivity index (χ0n) is 10.4. The van der Waals surface area contributed by atoms with E-state index in [0.717, 1.165) is 0 Å². The molecule has 0 fully saturated rings. The van der Waals surface area contributed by atoms with Crippen molar-refractivity contribution in [3.63, 3.8) is 0 Å². The Morgan fingerprint density at radius 3 is 2.26 bits per heavy atom. The fourth-order valence-corrected chi connectivity index (χ4v) is 2.85. The average molecular weight is 342 g/mol. The Morgan fingerprint density at radius 2 is 1.84 bits per heavy atom. The molecular weight excluding hydrogens is 327 g/mol. The topological polar surface area (TPSA) is 84.9 Å². The second kappa shape index (κ2) is 6.49. The van der Waals surface area contributed by atoms with E-state index in [1.807, 2.05) is 0 Å². The van der Waals surface area contributed by atoms with Crippen LogP contribution in [-0.2, 0) is 6.42 Å². The van der Waals surface area contributed by atoms with Crippen LogP contribution < -0.4 is 19.7 Å². The number of hydrogen-bond acceptors (Lipinski definition) is 5. The molecule has 1 aromatic rings. The molecule has 1 aromatic carbocycles. The Hall–Kier alpha value is -0.921. The quantitative estimate of drug-likeness (QED) is 0.475. The molecule has 0 saturated carbocycles. The zero-order chi connectivity index (χ0) is 14.6. The third-order valence-electron chi connectivity index (χ3n) is 2.23. The predicted molar refractivity (Wildman–Crippen MR) is 66.0 cm³/mol. The summed E-state index contributed by atoms with van der Waals surface area (Å²) in [7, 11) is 2.71. The van der Waals surface area contributed by atoms with E-state index < -0.39 is 26.2 Å². The molecule has 0 spiro atoms. The summed E-state index contributed by atoms with van der Waals surface area (Å²) < 4.78 is 35.4. The number of benzene rings is 1. The van der Waals surface area contributed by atoms with E-state index in [9.17, 15) is 19.0 Å². The molecule has 0 aliphatic heterocycles. The van der Waals surface area contributed by atoms with Crippen molar-refractivity contribution >= 4 is 19.4 Å². The molecule has 1 rings (SSSR count). The van der Waals surface area contributed by atoms with Crippen LogP contribution >= 0.6 is 0 Å². The monoisotopic (exact) mass is 343 g/mol. The summed E-state index contributed by atoms with van der Waals surface area (Å²) in [6.07, 6.45) is -0.311. The molecule has 108 valence electrons. The molecule has 0 heterocycles. The van der Waals surface area contributed by atoms with Crippen molar-refractivity contribution < 1.29 is 28.5 Å². The molecule has 0 aromatic heterocycles. The van der Waals surface area contributed by atoms with Gasteiger partial charge in [0.15, 0.2) is 0 Å². The molecule has 0 amide bonds. The second-order valence-electron chi connectivity index (χ2n) is 3.75. The normalized spacial score (nSPS) is 11.8. The fourth-order valence-electron chi connectivity index (χ4n) is 1.54. The van der Waals surface area contributed by atoms with Crippen LogP contribution in [-0.4, -0.2) is 50.6 Å². The van der Waals surface area contributed by atoms with Gasteiger partial charge in [-0.2, -0.15) is 0 Å². The summed E-state index contributed by atoms with van der Waals surface area (Å²) >= 11 is -1.07. The SMILES string of the molecule is COc1cc([Se]C(F)F)c(OC)cc1CC(N)(O)O. The number of aliphatic hydroxyl groups is 2. The van der Waals surface area contributed by atoms with Gasteiger partial charge in [0.25, 0.3) is 0 Å². The van der Waals surface area contributed by atoms with Gasteiger partial charge in [-0.25, -0.2) is 0 Å². The van der Waals surface area contributed by atoms with Crippen LogP contribution in [0, 0.1) is 0 Å². The van der Waals surface area contributed by atoms with Gasteiger partial charge in [0.1, 0.15) is 0 Å². The molecule has 0 bridgehead atoms. The van der Waals surface area contributed by atoms with Crippen molar-refractivity contribution in [1.82, 2.24) is 0 Å². The first-order valence-corrected chi connectivity index (χ1v) is 7.04. The number of rotatable bonds is 6. The first kappa shape index (κ1) is 16.1. The summed E-state index contributed by atoms with van der Waals surface area (Å²) in [4.78, 5) is 0. The van der Waals surface area contributed by atoms with E-state index in [-0.39, 0.29) is 17.9 Å². The van der Waals surface area contributed by atoms with Crippen LogP contribution in [0.25, 0.3) is 0 Å². The van der Waals surface area contributed by atoms with E-state index >= 15 is 0 Å². The molecule has 19 heavy (non-hydrogen) atoms.